The van der Waals surface area contributed by atoms with Crippen molar-refractivity contribution in [1.29, 1.82) is 0 Å². The first-order valence-corrected chi connectivity index (χ1v) is 10.7. The summed E-state index contributed by atoms with van der Waals surface area (Å²) < 4.78 is 1.13. The first-order chi connectivity index (χ1) is 13.6. The van der Waals surface area contributed by atoms with Crippen LogP contribution in [0.15, 0.2) is 58.0 Å². The fraction of sp³-hybridized carbons (Fsp3) is 0.409. The third-order valence-electron chi connectivity index (χ3n) is 4.95. The molecule has 0 radical (unpaired) electrons. The van der Waals surface area contributed by atoms with Gasteiger partial charge in [-0.05, 0) is 55.2 Å². The van der Waals surface area contributed by atoms with Crippen LogP contribution in [-0.4, -0.2) is 41.6 Å². The summed E-state index contributed by atoms with van der Waals surface area (Å²) in [6.45, 7) is 6.70. The highest BCUT2D eigenvalue weighted by Gasteiger charge is 2.20. The number of halogens is 2. The Balaban J connectivity index is 0.00000300. The van der Waals surface area contributed by atoms with Gasteiger partial charge < -0.3 is 15.7 Å². The number of likely N-dealkylation sites (tertiary alicyclic amines) is 1. The fourth-order valence-electron chi connectivity index (χ4n) is 3.37. The van der Waals surface area contributed by atoms with E-state index in [1.165, 1.54) is 5.56 Å². The standard InChI is InChI=1S/C22H29BrN4O.HI/c1-2-24-22(25-15-17-5-9-21(28)10-6-17)26-20-11-13-27(14-12-20)16-18-3-7-19(23)8-4-18;/h3-10,20,28H,2,11-16H2,1H3,(H2,24,25,26);1H. The number of hydrogen-bond acceptors (Lipinski definition) is 3. The first-order valence-electron chi connectivity index (χ1n) is 9.92. The second-order valence-corrected chi connectivity index (χ2v) is 8.10. The molecular weight excluding hydrogens is 543 g/mol. The molecule has 2 aromatic rings. The number of hydrogen-bond donors (Lipinski definition) is 3. The van der Waals surface area contributed by atoms with Crippen LogP contribution in [0.5, 0.6) is 5.75 Å². The highest BCUT2D eigenvalue weighted by Crippen LogP contribution is 2.16. The molecule has 0 aliphatic carbocycles. The lowest BCUT2D eigenvalue weighted by Gasteiger charge is -2.33. The number of aliphatic imine (C=N–C) groups is 1. The molecule has 7 heteroatoms. The van der Waals surface area contributed by atoms with E-state index in [-0.39, 0.29) is 29.7 Å². The van der Waals surface area contributed by atoms with Crippen molar-refractivity contribution in [3.8, 4) is 5.75 Å². The molecule has 1 heterocycles. The Kier molecular flexibility index (Phi) is 10.2. The lowest BCUT2D eigenvalue weighted by atomic mass is 10.0. The third-order valence-corrected chi connectivity index (χ3v) is 5.48. The largest absolute Gasteiger partial charge is 0.508 e. The molecule has 2 aromatic carbocycles. The van der Waals surface area contributed by atoms with Gasteiger partial charge >= 0.3 is 0 Å². The number of nitrogens with zero attached hydrogens (tertiary/aromatic N) is 2. The van der Waals surface area contributed by atoms with Crippen LogP contribution in [-0.2, 0) is 13.1 Å². The van der Waals surface area contributed by atoms with E-state index in [0.29, 0.717) is 12.6 Å². The zero-order valence-electron chi connectivity index (χ0n) is 16.8. The second kappa shape index (κ2) is 12.4. The fourth-order valence-corrected chi connectivity index (χ4v) is 3.63. The van der Waals surface area contributed by atoms with Gasteiger partial charge in [-0.1, -0.05) is 40.2 Å². The van der Waals surface area contributed by atoms with Gasteiger partial charge in [0, 0.05) is 36.7 Å². The van der Waals surface area contributed by atoms with E-state index >= 15 is 0 Å². The summed E-state index contributed by atoms with van der Waals surface area (Å²) in [6, 6.07) is 16.2. The highest BCUT2D eigenvalue weighted by molar-refractivity contribution is 14.0. The van der Waals surface area contributed by atoms with Gasteiger partial charge in [0.2, 0.25) is 0 Å². The molecule has 3 rings (SSSR count). The Hall–Kier alpha value is -1.32. The predicted octanol–water partition coefficient (Wildman–Crippen LogP) is 4.49. The van der Waals surface area contributed by atoms with Crippen LogP contribution in [0.25, 0.3) is 0 Å². The van der Waals surface area contributed by atoms with Gasteiger partial charge in [0.25, 0.3) is 0 Å². The normalized spacial score (nSPS) is 15.6. The highest BCUT2D eigenvalue weighted by atomic mass is 127. The molecule has 0 aromatic heterocycles. The zero-order chi connectivity index (χ0) is 19.8. The van der Waals surface area contributed by atoms with Crippen LogP contribution in [0.2, 0.25) is 0 Å². The van der Waals surface area contributed by atoms with Gasteiger partial charge in [-0.2, -0.15) is 0 Å². The van der Waals surface area contributed by atoms with Crippen molar-refractivity contribution in [1.82, 2.24) is 15.5 Å². The van der Waals surface area contributed by atoms with E-state index in [4.69, 9.17) is 4.99 Å². The minimum Gasteiger partial charge on any atom is -0.508 e. The summed E-state index contributed by atoms with van der Waals surface area (Å²) in [5.74, 6) is 1.15. The van der Waals surface area contributed by atoms with Gasteiger partial charge in [-0.15, -0.1) is 24.0 Å². The third kappa shape index (κ3) is 8.14. The maximum atomic E-state index is 9.39. The van der Waals surface area contributed by atoms with Crippen LogP contribution in [0.4, 0.5) is 0 Å². The Bertz CT molecular complexity index is 759. The van der Waals surface area contributed by atoms with E-state index in [2.05, 4.69) is 62.7 Å². The molecule has 1 fully saturated rings. The van der Waals surface area contributed by atoms with Crippen molar-refractivity contribution < 1.29 is 5.11 Å². The Morgan fingerprint density at radius 1 is 1.07 bits per heavy atom. The Morgan fingerprint density at radius 2 is 1.69 bits per heavy atom. The topological polar surface area (TPSA) is 59.9 Å². The number of guanidine groups is 1. The van der Waals surface area contributed by atoms with E-state index in [0.717, 1.165) is 55.0 Å². The van der Waals surface area contributed by atoms with Crippen LogP contribution in [0, 0.1) is 0 Å². The second-order valence-electron chi connectivity index (χ2n) is 7.18. The maximum absolute atomic E-state index is 9.39. The lowest BCUT2D eigenvalue weighted by Crippen LogP contribution is -2.48. The van der Waals surface area contributed by atoms with Crippen LogP contribution < -0.4 is 10.6 Å². The van der Waals surface area contributed by atoms with Gasteiger partial charge in [-0.25, -0.2) is 4.99 Å². The van der Waals surface area contributed by atoms with E-state index in [1.54, 1.807) is 12.1 Å². The number of phenolic OH excluding ortho intramolecular Hbond substituents is 1. The average Bonchev–Trinajstić information content (AvgIpc) is 2.71. The van der Waals surface area contributed by atoms with Crippen molar-refractivity contribution in [3.05, 3.63) is 64.1 Å². The molecule has 1 saturated heterocycles. The molecule has 0 saturated carbocycles. The number of phenols is 1. The number of rotatable bonds is 6. The molecule has 0 spiro atoms. The van der Waals surface area contributed by atoms with E-state index in [9.17, 15) is 5.11 Å². The number of piperidine rings is 1. The monoisotopic (exact) mass is 572 g/mol. The first kappa shape index (κ1) is 24.0. The smallest absolute Gasteiger partial charge is 0.191 e. The minimum absolute atomic E-state index is 0. The van der Waals surface area contributed by atoms with E-state index < -0.39 is 0 Å². The van der Waals surface area contributed by atoms with Gasteiger partial charge in [0.15, 0.2) is 5.96 Å². The predicted molar refractivity (Wildman–Crippen MR) is 134 cm³/mol. The summed E-state index contributed by atoms with van der Waals surface area (Å²) in [5.41, 5.74) is 2.44. The Labute approximate surface area is 199 Å². The molecule has 0 bridgehead atoms. The molecule has 0 amide bonds. The molecule has 0 atom stereocenters. The summed E-state index contributed by atoms with van der Waals surface area (Å²) >= 11 is 3.49. The summed E-state index contributed by atoms with van der Waals surface area (Å²) in [5, 5.41) is 16.3. The van der Waals surface area contributed by atoms with Crippen molar-refractivity contribution in [2.24, 2.45) is 4.99 Å². The Morgan fingerprint density at radius 3 is 2.31 bits per heavy atom. The molecule has 0 unspecified atom stereocenters. The number of aromatic hydroxyl groups is 1. The lowest BCUT2D eigenvalue weighted by molar-refractivity contribution is 0.198. The minimum atomic E-state index is 0. The number of benzene rings is 2. The zero-order valence-corrected chi connectivity index (χ0v) is 20.7. The molecule has 5 nitrogen and oxygen atoms in total. The molecular formula is C22H30BrIN4O. The van der Waals surface area contributed by atoms with Crippen molar-refractivity contribution in [3.63, 3.8) is 0 Å². The SMILES string of the molecule is CCNC(=NCc1ccc(O)cc1)NC1CCN(Cc2ccc(Br)cc2)CC1.I. The molecule has 158 valence electrons. The summed E-state index contributed by atoms with van der Waals surface area (Å²) in [7, 11) is 0. The van der Waals surface area contributed by atoms with Crippen LogP contribution in [0.1, 0.15) is 30.9 Å². The molecule has 1 aliphatic rings. The van der Waals surface area contributed by atoms with Gasteiger partial charge in [0.1, 0.15) is 5.75 Å². The molecule has 3 N–H and O–H groups in total. The average molecular weight is 573 g/mol. The quantitative estimate of drug-likeness (QED) is 0.271. The van der Waals surface area contributed by atoms with Gasteiger partial charge in [-0.3, -0.25) is 4.90 Å². The molecule has 29 heavy (non-hydrogen) atoms. The van der Waals surface area contributed by atoms with E-state index in [1.807, 2.05) is 12.1 Å². The van der Waals surface area contributed by atoms with Crippen LogP contribution in [0.3, 0.4) is 0 Å². The summed E-state index contributed by atoms with van der Waals surface area (Å²) in [4.78, 5) is 7.21. The van der Waals surface area contributed by atoms with Crippen LogP contribution >= 0.6 is 39.9 Å². The number of nitrogens with one attached hydrogen (secondary N) is 2. The maximum Gasteiger partial charge on any atom is 0.191 e. The van der Waals surface area contributed by atoms with Gasteiger partial charge in [0.05, 0.1) is 6.54 Å². The van der Waals surface area contributed by atoms with Crippen molar-refractivity contribution in [2.45, 2.75) is 38.9 Å². The summed E-state index contributed by atoms with van der Waals surface area (Å²) in [6.07, 6.45) is 2.22. The van der Waals surface area contributed by atoms with Crippen molar-refractivity contribution >= 4 is 45.9 Å². The van der Waals surface area contributed by atoms with Crippen molar-refractivity contribution in [2.75, 3.05) is 19.6 Å². The molecule has 1 aliphatic heterocycles.